The second-order valence-corrected chi connectivity index (χ2v) is 14.8. The van der Waals surface area contributed by atoms with Gasteiger partial charge in [-0.15, -0.1) is 0 Å². The zero-order chi connectivity index (χ0) is 39.7. The van der Waals surface area contributed by atoms with Crippen molar-refractivity contribution in [3.63, 3.8) is 0 Å². The first-order valence-electron chi connectivity index (χ1n) is 20.6. The molecule has 2 saturated heterocycles. The predicted molar refractivity (Wildman–Crippen MR) is 197 cm³/mol. The molecule has 318 valence electrons. The van der Waals surface area contributed by atoms with Crippen LogP contribution in [0.5, 0.6) is 0 Å². The highest BCUT2D eigenvalue weighted by atomic mass is 16.7. The molecule has 2 rings (SSSR count). The Labute approximate surface area is 321 Å². The van der Waals surface area contributed by atoms with Crippen LogP contribution in [0.15, 0.2) is 0 Å². The minimum atomic E-state index is -1.75. The highest BCUT2D eigenvalue weighted by Gasteiger charge is 2.47. The van der Waals surface area contributed by atoms with E-state index in [0.717, 1.165) is 19.3 Å². The van der Waals surface area contributed by atoms with E-state index in [-0.39, 0.29) is 26.1 Å². The second-order valence-electron chi connectivity index (χ2n) is 14.8. The molecule has 54 heavy (non-hydrogen) atoms. The van der Waals surface area contributed by atoms with Crippen LogP contribution < -0.4 is 0 Å². The maximum Gasteiger partial charge on any atom is 0.306 e. The Balaban J connectivity index is 1.73. The van der Waals surface area contributed by atoms with Gasteiger partial charge in [-0.2, -0.15) is 0 Å². The number of hydrogen-bond donors (Lipinski definition) is 7. The molecule has 0 radical (unpaired) electrons. The van der Waals surface area contributed by atoms with Crippen LogP contribution in [0.3, 0.4) is 0 Å². The van der Waals surface area contributed by atoms with Crippen molar-refractivity contribution in [2.45, 2.75) is 210 Å². The predicted octanol–water partition coefficient (Wildman–Crippen LogP) is 2.92. The summed E-state index contributed by atoms with van der Waals surface area (Å²) < 4.78 is 32.9. The first-order valence-corrected chi connectivity index (χ1v) is 20.6. The molecule has 2 heterocycles. The number of rotatable bonds is 30. The molecule has 2 aliphatic heterocycles. The van der Waals surface area contributed by atoms with Crippen molar-refractivity contribution >= 4 is 11.9 Å². The number of esters is 2. The number of carbonyl (C=O) groups excluding carboxylic acids is 2. The Morgan fingerprint density at radius 1 is 0.519 bits per heavy atom. The van der Waals surface area contributed by atoms with Gasteiger partial charge in [0.05, 0.1) is 19.8 Å². The second kappa shape index (κ2) is 28.8. The van der Waals surface area contributed by atoms with Gasteiger partial charge in [0.2, 0.25) is 0 Å². The number of aliphatic hydroxyl groups excluding tert-OH is 7. The third kappa shape index (κ3) is 18.6. The summed E-state index contributed by atoms with van der Waals surface area (Å²) >= 11 is 0. The third-order valence-corrected chi connectivity index (χ3v) is 10.1. The number of hydrogen-bond acceptors (Lipinski definition) is 15. The summed E-state index contributed by atoms with van der Waals surface area (Å²) in [4.78, 5) is 24.8. The third-order valence-electron chi connectivity index (χ3n) is 10.1. The lowest BCUT2D eigenvalue weighted by molar-refractivity contribution is -0.332. The lowest BCUT2D eigenvalue weighted by Crippen LogP contribution is -2.61. The highest BCUT2D eigenvalue weighted by molar-refractivity contribution is 5.70. The van der Waals surface area contributed by atoms with Crippen molar-refractivity contribution in [3.05, 3.63) is 0 Å². The van der Waals surface area contributed by atoms with Crippen LogP contribution in [-0.2, 0) is 38.0 Å². The van der Waals surface area contributed by atoms with Crippen LogP contribution in [-0.4, -0.2) is 142 Å². The fourth-order valence-corrected chi connectivity index (χ4v) is 6.61. The van der Waals surface area contributed by atoms with Crippen molar-refractivity contribution in [2.75, 3.05) is 26.4 Å². The van der Waals surface area contributed by atoms with E-state index in [4.69, 9.17) is 28.4 Å². The van der Waals surface area contributed by atoms with E-state index in [0.29, 0.717) is 12.8 Å². The van der Waals surface area contributed by atoms with E-state index in [2.05, 4.69) is 6.92 Å². The van der Waals surface area contributed by atoms with Crippen molar-refractivity contribution in [2.24, 2.45) is 0 Å². The Morgan fingerprint density at radius 2 is 0.981 bits per heavy atom. The van der Waals surface area contributed by atoms with Gasteiger partial charge in [-0.1, -0.05) is 117 Å². The summed E-state index contributed by atoms with van der Waals surface area (Å²) in [5.41, 5.74) is 0. The van der Waals surface area contributed by atoms with Crippen molar-refractivity contribution < 1.29 is 73.8 Å². The molecule has 15 nitrogen and oxygen atoms in total. The Hall–Kier alpha value is -1.50. The zero-order valence-electron chi connectivity index (χ0n) is 32.7. The summed E-state index contributed by atoms with van der Waals surface area (Å²) in [5, 5.41) is 71.2. The molecule has 2 fully saturated rings. The first kappa shape index (κ1) is 48.6. The standard InChI is InChI=1S/C39H72O15/c1-3-5-6-7-8-9-10-11-12-13-14-15-16-17-18-19-20-22-31(42)52-27(24-49-30(41)21-4-2)25-50-38-37(48)35(46)33(44)29(54-38)26-51-39-36(47)34(45)32(43)28(23-40)53-39/h27-29,32-40,43-48H,3-26H2,1-2H3. The van der Waals surface area contributed by atoms with E-state index in [1.165, 1.54) is 83.5 Å². The van der Waals surface area contributed by atoms with Crippen LogP contribution in [0.2, 0.25) is 0 Å². The van der Waals surface area contributed by atoms with Gasteiger partial charge in [0, 0.05) is 12.8 Å². The van der Waals surface area contributed by atoms with Crippen molar-refractivity contribution in [1.29, 1.82) is 0 Å². The first-order chi connectivity index (χ1) is 26.0. The highest BCUT2D eigenvalue weighted by Crippen LogP contribution is 2.26. The number of carbonyl (C=O) groups is 2. The average molecular weight is 781 g/mol. The van der Waals surface area contributed by atoms with Crippen LogP contribution in [0.1, 0.15) is 142 Å². The number of unbranched alkanes of at least 4 members (excludes halogenated alkanes) is 16. The van der Waals surface area contributed by atoms with Gasteiger partial charge in [0.1, 0.15) is 55.4 Å². The molecule has 0 amide bonds. The van der Waals surface area contributed by atoms with E-state index >= 15 is 0 Å². The molecule has 7 N–H and O–H groups in total. The Bertz CT molecular complexity index is 970. The van der Waals surface area contributed by atoms with E-state index < -0.39 is 92.7 Å². The maximum atomic E-state index is 12.7. The van der Waals surface area contributed by atoms with Crippen LogP contribution >= 0.6 is 0 Å². The molecule has 0 aromatic rings. The van der Waals surface area contributed by atoms with Gasteiger partial charge in [-0.05, 0) is 12.8 Å². The van der Waals surface area contributed by atoms with Gasteiger partial charge in [0.25, 0.3) is 0 Å². The topological polar surface area (TPSA) is 231 Å². The molecule has 0 spiro atoms. The summed E-state index contributed by atoms with van der Waals surface area (Å²) in [6, 6.07) is 0. The van der Waals surface area contributed by atoms with E-state index in [1.807, 2.05) is 6.92 Å². The smallest absolute Gasteiger partial charge is 0.306 e. The molecule has 2 aliphatic rings. The quantitative estimate of drug-likeness (QED) is 0.0411. The van der Waals surface area contributed by atoms with E-state index in [1.54, 1.807) is 0 Å². The summed E-state index contributed by atoms with van der Waals surface area (Å²) in [6.45, 7) is 2.18. The summed E-state index contributed by atoms with van der Waals surface area (Å²) in [7, 11) is 0. The summed E-state index contributed by atoms with van der Waals surface area (Å²) in [6.07, 6.45) is 4.93. The molecule has 15 heteroatoms. The van der Waals surface area contributed by atoms with Gasteiger partial charge in [-0.25, -0.2) is 0 Å². The van der Waals surface area contributed by atoms with E-state index in [9.17, 15) is 45.3 Å². The molecular weight excluding hydrogens is 708 g/mol. The van der Waals surface area contributed by atoms with Crippen LogP contribution in [0.4, 0.5) is 0 Å². The molecule has 11 atom stereocenters. The molecule has 0 bridgehead atoms. The summed E-state index contributed by atoms with van der Waals surface area (Å²) in [5.74, 6) is -0.980. The maximum absolute atomic E-state index is 12.7. The van der Waals surface area contributed by atoms with Crippen molar-refractivity contribution in [1.82, 2.24) is 0 Å². The minimum absolute atomic E-state index is 0.169. The normalized spacial score (nSPS) is 29.2. The lowest BCUT2D eigenvalue weighted by atomic mass is 9.98. The molecule has 0 aliphatic carbocycles. The monoisotopic (exact) mass is 780 g/mol. The largest absolute Gasteiger partial charge is 0.462 e. The fraction of sp³-hybridized carbons (Fsp3) is 0.949. The molecule has 11 unspecified atom stereocenters. The molecule has 0 aromatic carbocycles. The van der Waals surface area contributed by atoms with Crippen LogP contribution in [0.25, 0.3) is 0 Å². The number of aliphatic hydroxyl groups is 7. The lowest BCUT2D eigenvalue weighted by Gasteiger charge is -2.42. The van der Waals surface area contributed by atoms with Gasteiger partial charge in [0.15, 0.2) is 18.7 Å². The average Bonchev–Trinajstić information content (AvgIpc) is 3.16. The minimum Gasteiger partial charge on any atom is -0.462 e. The van der Waals surface area contributed by atoms with Gasteiger partial charge < -0.3 is 64.2 Å². The molecular formula is C39H72O15. The fourth-order valence-electron chi connectivity index (χ4n) is 6.61. The van der Waals surface area contributed by atoms with Gasteiger partial charge >= 0.3 is 11.9 Å². The van der Waals surface area contributed by atoms with Gasteiger partial charge in [-0.3, -0.25) is 9.59 Å². The molecule has 0 aromatic heterocycles. The zero-order valence-corrected chi connectivity index (χ0v) is 32.7. The Kier molecular flexibility index (Phi) is 26.0. The van der Waals surface area contributed by atoms with Crippen LogP contribution in [0, 0.1) is 0 Å². The van der Waals surface area contributed by atoms with Crippen molar-refractivity contribution in [3.8, 4) is 0 Å². The number of ether oxygens (including phenoxy) is 6. The molecule has 0 saturated carbocycles. The SMILES string of the molecule is CCCCCCCCCCCCCCCCCCCC(=O)OC(COC(=O)CCC)COC1OC(COC2OC(CO)C(O)C(O)C2O)C(O)C(O)C1O. The Morgan fingerprint density at radius 3 is 1.48 bits per heavy atom.